The summed E-state index contributed by atoms with van der Waals surface area (Å²) in [5.74, 6) is 0.233. The average molecular weight is 142 g/mol. The zero-order valence-electron chi connectivity index (χ0n) is 6.26. The summed E-state index contributed by atoms with van der Waals surface area (Å²) in [5.41, 5.74) is 10.5. The Kier molecular flexibility index (Phi) is 1.68. The van der Waals surface area contributed by atoms with Gasteiger partial charge in [-0.2, -0.15) is 0 Å². The Bertz CT molecular complexity index is 150. The fourth-order valence-corrected chi connectivity index (χ4v) is 1.26. The Morgan fingerprint density at radius 2 is 2.20 bits per heavy atom. The Morgan fingerprint density at radius 1 is 1.70 bits per heavy atom. The van der Waals surface area contributed by atoms with Crippen molar-refractivity contribution in [1.29, 1.82) is 0 Å². The zero-order chi connectivity index (χ0) is 7.78. The van der Waals surface area contributed by atoms with Gasteiger partial charge in [-0.3, -0.25) is 4.79 Å². The molecule has 1 saturated carbocycles. The van der Waals surface area contributed by atoms with E-state index >= 15 is 0 Å². The van der Waals surface area contributed by atoms with Crippen LogP contribution in [0, 0.1) is 5.92 Å². The lowest BCUT2D eigenvalue weighted by Gasteiger charge is -2.21. The molecule has 0 aromatic heterocycles. The van der Waals surface area contributed by atoms with E-state index in [9.17, 15) is 4.79 Å². The minimum absolute atomic E-state index is 0.295. The van der Waals surface area contributed by atoms with E-state index in [4.69, 9.17) is 11.5 Å². The molecule has 1 amide bonds. The highest BCUT2D eigenvalue weighted by atomic mass is 16.1. The summed E-state index contributed by atoms with van der Waals surface area (Å²) in [7, 11) is 0. The highest BCUT2D eigenvalue weighted by molar-refractivity contribution is 5.75. The molecule has 3 nitrogen and oxygen atoms in total. The fourth-order valence-electron chi connectivity index (χ4n) is 1.26. The molecule has 58 valence electrons. The van der Waals surface area contributed by atoms with Crippen molar-refractivity contribution in [2.45, 2.75) is 31.7 Å². The standard InChI is InChI=1S/C7H14N2O/c1-7(9,4-6(8)10)5-2-3-5/h5H,2-4,9H2,1H3,(H2,8,10)/t7-/m1/s1. The summed E-state index contributed by atoms with van der Waals surface area (Å²) >= 11 is 0. The van der Waals surface area contributed by atoms with Crippen LogP contribution in [0.3, 0.4) is 0 Å². The van der Waals surface area contributed by atoms with Crippen LogP contribution in [-0.4, -0.2) is 11.4 Å². The third-order valence-corrected chi connectivity index (χ3v) is 2.07. The van der Waals surface area contributed by atoms with Gasteiger partial charge < -0.3 is 11.5 Å². The van der Waals surface area contributed by atoms with Gasteiger partial charge >= 0.3 is 0 Å². The summed E-state index contributed by atoms with van der Waals surface area (Å²) in [6.07, 6.45) is 2.62. The van der Waals surface area contributed by atoms with Crippen LogP contribution in [0.15, 0.2) is 0 Å². The molecule has 0 aromatic carbocycles. The van der Waals surface area contributed by atoms with Crippen LogP contribution in [-0.2, 0) is 4.79 Å². The predicted octanol–water partition coefficient (Wildman–Crippen LogP) is -0.0108. The maximum absolute atomic E-state index is 10.5. The van der Waals surface area contributed by atoms with Crippen molar-refractivity contribution in [3.8, 4) is 0 Å². The molecule has 0 radical (unpaired) electrons. The summed E-state index contributed by atoms with van der Waals surface area (Å²) in [4.78, 5) is 10.5. The third-order valence-electron chi connectivity index (χ3n) is 2.07. The summed E-state index contributed by atoms with van der Waals surface area (Å²) in [6.45, 7) is 1.90. The number of carbonyl (C=O) groups is 1. The number of hydrogen-bond donors (Lipinski definition) is 2. The number of primary amides is 1. The molecule has 0 heterocycles. The lowest BCUT2D eigenvalue weighted by molar-refractivity contribution is -0.119. The Labute approximate surface area is 60.8 Å². The van der Waals surface area contributed by atoms with E-state index in [1.165, 1.54) is 0 Å². The van der Waals surface area contributed by atoms with E-state index in [1.54, 1.807) is 0 Å². The SMILES string of the molecule is C[C@@](N)(CC(N)=O)C1CC1. The van der Waals surface area contributed by atoms with Crippen molar-refractivity contribution in [2.75, 3.05) is 0 Å². The molecule has 1 rings (SSSR count). The maximum Gasteiger partial charge on any atom is 0.219 e. The van der Waals surface area contributed by atoms with Crippen molar-refractivity contribution >= 4 is 5.91 Å². The minimum Gasteiger partial charge on any atom is -0.370 e. The van der Waals surface area contributed by atoms with Gasteiger partial charge in [0.2, 0.25) is 5.91 Å². The Balaban J connectivity index is 2.41. The molecule has 0 aliphatic heterocycles. The third kappa shape index (κ3) is 1.70. The lowest BCUT2D eigenvalue weighted by Crippen LogP contribution is -2.42. The van der Waals surface area contributed by atoms with E-state index in [1.807, 2.05) is 6.92 Å². The van der Waals surface area contributed by atoms with E-state index in [0.717, 1.165) is 12.8 Å². The quantitative estimate of drug-likeness (QED) is 0.582. The van der Waals surface area contributed by atoms with Gasteiger partial charge in [0.25, 0.3) is 0 Å². The second kappa shape index (κ2) is 2.23. The van der Waals surface area contributed by atoms with Crippen LogP contribution in [0.4, 0.5) is 0 Å². The van der Waals surface area contributed by atoms with E-state index < -0.39 is 0 Å². The molecular weight excluding hydrogens is 128 g/mol. The van der Waals surface area contributed by atoms with Crippen molar-refractivity contribution in [2.24, 2.45) is 17.4 Å². The van der Waals surface area contributed by atoms with Crippen LogP contribution in [0.25, 0.3) is 0 Å². The molecular formula is C7H14N2O. The fraction of sp³-hybridized carbons (Fsp3) is 0.857. The topological polar surface area (TPSA) is 69.1 Å². The molecule has 1 atom stereocenters. The first kappa shape index (κ1) is 7.54. The van der Waals surface area contributed by atoms with E-state index in [0.29, 0.717) is 12.3 Å². The first-order valence-corrected chi connectivity index (χ1v) is 3.59. The van der Waals surface area contributed by atoms with Crippen molar-refractivity contribution in [1.82, 2.24) is 0 Å². The second-order valence-corrected chi connectivity index (χ2v) is 3.42. The molecule has 0 bridgehead atoms. The van der Waals surface area contributed by atoms with Crippen LogP contribution in [0.1, 0.15) is 26.2 Å². The van der Waals surface area contributed by atoms with Crippen LogP contribution < -0.4 is 11.5 Å². The van der Waals surface area contributed by atoms with E-state index in [2.05, 4.69) is 0 Å². The molecule has 0 aromatic rings. The lowest BCUT2D eigenvalue weighted by atomic mass is 9.93. The molecule has 1 aliphatic rings. The molecule has 0 saturated heterocycles. The first-order valence-electron chi connectivity index (χ1n) is 3.59. The highest BCUT2D eigenvalue weighted by Gasteiger charge is 2.39. The second-order valence-electron chi connectivity index (χ2n) is 3.42. The van der Waals surface area contributed by atoms with Gasteiger partial charge in [0.15, 0.2) is 0 Å². The largest absolute Gasteiger partial charge is 0.370 e. The normalized spacial score (nSPS) is 23.8. The molecule has 0 spiro atoms. The van der Waals surface area contributed by atoms with Crippen LogP contribution in [0.5, 0.6) is 0 Å². The average Bonchev–Trinajstić information content (AvgIpc) is 2.35. The molecule has 0 unspecified atom stereocenters. The van der Waals surface area contributed by atoms with Gasteiger partial charge in [-0.15, -0.1) is 0 Å². The molecule has 3 heteroatoms. The van der Waals surface area contributed by atoms with Crippen molar-refractivity contribution in [3.63, 3.8) is 0 Å². The van der Waals surface area contributed by atoms with Crippen molar-refractivity contribution < 1.29 is 4.79 Å². The van der Waals surface area contributed by atoms with Gasteiger partial charge in [0.1, 0.15) is 0 Å². The van der Waals surface area contributed by atoms with Crippen LogP contribution >= 0.6 is 0 Å². The summed E-state index contributed by atoms with van der Waals surface area (Å²) < 4.78 is 0. The predicted molar refractivity (Wildman–Crippen MR) is 39.1 cm³/mol. The molecule has 4 N–H and O–H groups in total. The number of rotatable bonds is 3. The monoisotopic (exact) mass is 142 g/mol. The number of nitrogens with two attached hydrogens (primary N) is 2. The molecule has 1 aliphatic carbocycles. The van der Waals surface area contributed by atoms with Gasteiger partial charge in [-0.1, -0.05) is 0 Å². The van der Waals surface area contributed by atoms with Gasteiger partial charge in [-0.05, 0) is 25.7 Å². The first-order chi connectivity index (χ1) is 4.52. The summed E-state index contributed by atoms with van der Waals surface area (Å²) in [5, 5.41) is 0. The smallest absolute Gasteiger partial charge is 0.219 e. The van der Waals surface area contributed by atoms with E-state index in [-0.39, 0.29) is 11.4 Å². The van der Waals surface area contributed by atoms with Gasteiger partial charge in [-0.25, -0.2) is 0 Å². The number of hydrogen-bond acceptors (Lipinski definition) is 2. The van der Waals surface area contributed by atoms with Crippen LogP contribution in [0.2, 0.25) is 0 Å². The zero-order valence-corrected chi connectivity index (χ0v) is 6.26. The Hall–Kier alpha value is -0.570. The Morgan fingerprint density at radius 3 is 2.50 bits per heavy atom. The minimum atomic E-state index is -0.341. The number of carbonyl (C=O) groups excluding carboxylic acids is 1. The van der Waals surface area contributed by atoms with Crippen molar-refractivity contribution in [3.05, 3.63) is 0 Å². The summed E-state index contributed by atoms with van der Waals surface area (Å²) in [6, 6.07) is 0. The highest BCUT2D eigenvalue weighted by Crippen LogP contribution is 2.39. The maximum atomic E-state index is 10.5. The molecule has 10 heavy (non-hydrogen) atoms. The molecule has 1 fully saturated rings. The van der Waals surface area contributed by atoms with Gasteiger partial charge in [0, 0.05) is 12.0 Å². The number of amides is 1. The van der Waals surface area contributed by atoms with Gasteiger partial charge in [0.05, 0.1) is 0 Å².